The third kappa shape index (κ3) is 4.82. The fraction of sp³-hybridized carbons (Fsp3) is 0.273. The van der Waals surface area contributed by atoms with Gasteiger partial charge in [0.05, 0.1) is 23.2 Å². The van der Waals surface area contributed by atoms with Gasteiger partial charge in [-0.1, -0.05) is 47.5 Å². The van der Waals surface area contributed by atoms with Crippen molar-refractivity contribution in [3.63, 3.8) is 0 Å². The number of carbonyl (C=O) groups is 1. The molecule has 0 amide bonds. The zero-order valence-electron chi connectivity index (χ0n) is 22.8. The summed E-state index contributed by atoms with van der Waals surface area (Å²) in [5.74, 6) is 0.663. The average molecular weight is 538 g/mol. The number of nitrogens with zero attached hydrogens (tertiary/aromatic N) is 2. The maximum atomic E-state index is 13.6. The predicted octanol–water partition coefficient (Wildman–Crippen LogP) is 7.46. The van der Waals surface area contributed by atoms with E-state index in [-0.39, 0.29) is 5.78 Å². The van der Waals surface area contributed by atoms with Gasteiger partial charge in [-0.3, -0.25) is 9.69 Å². The molecular formula is C33H32ClN3O2. The van der Waals surface area contributed by atoms with Crippen LogP contribution in [-0.2, 0) is 11.4 Å². The first-order chi connectivity index (χ1) is 18.7. The van der Waals surface area contributed by atoms with Crippen LogP contribution in [0, 0.1) is 39.0 Å². The fourth-order valence-electron chi connectivity index (χ4n) is 5.69. The minimum Gasteiger partial charge on any atom is -0.489 e. The Morgan fingerprint density at radius 3 is 2.51 bits per heavy atom. The SMILES string of the molecule is Cc1ccc(OCc2cc(C3C(C#N)=C(N)N(c4cccc(Cl)c4C)C4=C3C(=O)CCC4)c(C)cc2C)cc1. The molecule has 6 heteroatoms. The summed E-state index contributed by atoms with van der Waals surface area (Å²) in [6.07, 6.45) is 1.88. The van der Waals surface area contributed by atoms with Gasteiger partial charge in [-0.2, -0.15) is 5.26 Å². The highest BCUT2D eigenvalue weighted by atomic mass is 35.5. The monoisotopic (exact) mass is 537 g/mol. The second-order valence-corrected chi connectivity index (χ2v) is 10.8. The third-order valence-corrected chi connectivity index (χ3v) is 8.25. The molecule has 3 aromatic rings. The molecule has 1 aliphatic carbocycles. The Balaban J connectivity index is 1.64. The molecule has 5 rings (SSSR count). The maximum Gasteiger partial charge on any atom is 0.161 e. The summed E-state index contributed by atoms with van der Waals surface area (Å²) in [5, 5.41) is 11.1. The van der Waals surface area contributed by atoms with Crippen LogP contribution in [-0.4, -0.2) is 5.78 Å². The van der Waals surface area contributed by atoms with E-state index in [1.54, 1.807) is 0 Å². The summed E-state index contributed by atoms with van der Waals surface area (Å²) in [6.45, 7) is 8.43. The molecule has 0 spiro atoms. The quantitative estimate of drug-likeness (QED) is 0.365. The number of Topliss-reactive ketones (excluding diaryl/α,β-unsaturated/α-hetero) is 1. The van der Waals surface area contributed by atoms with E-state index in [0.717, 1.165) is 51.4 Å². The summed E-state index contributed by atoms with van der Waals surface area (Å²) >= 11 is 6.47. The van der Waals surface area contributed by atoms with E-state index in [0.29, 0.717) is 41.4 Å². The van der Waals surface area contributed by atoms with Crippen LogP contribution in [0.3, 0.4) is 0 Å². The third-order valence-electron chi connectivity index (χ3n) is 7.84. The molecule has 0 radical (unpaired) electrons. The Morgan fingerprint density at radius 1 is 1.05 bits per heavy atom. The highest BCUT2D eigenvalue weighted by molar-refractivity contribution is 6.31. The average Bonchev–Trinajstić information content (AvgIpc) is 2.91. The molecule has 198 valence electrons. The molecule has 1 unspecified atom stereocenters. The summed E-state index contributed by atoms with van der Waals surface area (Å²) in [4.78, 5) is 15.5. The van der Waals surface area contributed by atoms with Crippen LogP contribution in [0.1, 0.15) is 58.6 Å². The van der Waals surface area contributed by atoms with E-state index in [2.05, 4.69) is 25.1 Å². The van der Waals surface area contributed by atoms with Crippen LogP contribution < -0.4 is 15.4 Å². The minimum absolute atomic E-state index is 0.0589. The lowest BCUT2D eigenvalue weighted by molar-refractivity contribution is -0.116. The lowest BCUT2D eigenvalue weighted by atomic mass is 9.74. The topological polar surface area (TPSA) is 79.3 Å². The number of carbonyl (C=O) groups excluding carboxylic acids is 1. The first kappa shape index (κ1) is 26.6. The number of hydrogen-bond acceptors (Lipinski definition) is 5. The molecule has 0 fully saturated rings. The predicted molar refractivity (Wildman–Crippen MR) is 156 cm³/mol. The normalized spacial score (nSPS) is 17.3. The molecule has 0 saturated carbocycles. The molecule has 1 heterocycles. The van der Waals surface area contributed by atoms with Gasteiger partial charge in [0.15, 0.2) is 5.78 Å². The van der Waals surface area contributed by atoms with Crippen molar-refractivity contribution < 1.29 is 9.53 Å². The van der Waals surface area contributed by atoms with Crippen molar-refractivity contribution in [3.05, 3.63) is 116 Å². The first-order valence-corrected chi connectivity index (χ1v) is 13.6. The number of ether oxygens (including phenoxy) is 1. The molecule has 1 aliphatic heterocycles. The van der Waals surface area contributed by atoms with Gasteiger partial charge in [0.1, 0.15) is 18.2 Å². The van der Waals surface area contributed by atoms with E-state index >= 15 is 0 Å². The molecule has 3 aromatic carbocycles. The van der Waals surface area contributed by atoms with E-state index in [9.17, 15) is 10.1 Å². The van der Waals surface area contributed by atoms with Gasteiger partial charge in [0.25, 0.3) is 0 Å². The molecule has 5 nitrogen and oxygen atoms in total. The van der Waals surface area contributed by atoms with Gasteiger partial charge < -0.3 is 10.5 Å². The first-order valence-electron chi connectivity index (χ1n) is 13.2. The number of halogens is 1. The van der Waals surface area contributed by atoms with Crippen molar-refractivity contribution >= 4 is 23.1 Å². The van der Waals surface area contributed by atoms with Gasteiger partial charge in [0.2, 0.25) is 0 Å². The molecular weight excluding hydrogens is 506 g/mol. The molecule has 0 saturated heterocycles. The smallest absolute Gasteiger partial charge is 0.161 e. The zero-order valence-corrected chi connectivity index (χ0v) is 23.5. The van der Waals surface area contributed by atoms with E-state index in [1.165, 1.54) is 5.56 Å². The fourth-order valence-corrected chi connectivity index (χ4v) is 5.86. The van der Waals surface area contributed by atoms with Crippen LogP contribution in [0.15, 0.2) is 77.3 Å². The number of nitrogens with two attached hydrogens (primary N) is 1. The van der Waals surface area contributed by atoms with Crippen LogP contribution in [0.2, 0.25) is 5.02 Å². The highest BCUT2D eigenvalue weighted by Crippen LogP contribution is 2.48. The van der Waals surface area contributed by atoms with Gasteiger partial charge in [0, 0.05) is 22.7 Å². The Labute approximate surface area is 235 Å². The number of benzene rings is 3. The van der Waals surface area contributed by atoms with E-state index in [4.69, 9.17) is 22.1 Å². The van der Waals surface area contributed by atoms with E-state index < -0.39 is 5.92 Å². The summed E-state index contributed by atoms with van der Waals surface area (Å²) in [6, 6.07) is 20.2. The Hall–Kier alpha value is -4.01. The zero-order chi connectivity index (χ0) is 27.8. The van der Waals surface area contributed by atoms with Crippen LogP contribution in [0.25, 0.3) is 0 Å². The van der Waals surface area contributed by atoms with Crippen molar-refractivity contribution in [1.82, 2.24) is 0 Å². The molecule has 2 aliphatic rings. The largest absolute Gasteiger partial charge is 0.489 e. The van der Waals surface area contributed by atoms with Crippen molar-refractivity contribution in [1.29, 1.82) is 5.26 Å². The number of allylic oxidation sites excluding steroid dienone is 3. The van der Waals surface area contributed by atoms with Crippen LogP contribution >= 0.6 is 11.6 Å². The molecule has 39 heavy (non-hydrogen) atoms. The lowest BCUT2D eigenvalue weighted by Crippen LogP contribution is -2.39. The second kappa shape index (κ2) is 10.6. The number of nitriles is 1. The maximum absolute atomic E-state index is 13.6. The van der Waals surface area contributed by atoms with Gasteiger partial charge >= 0.3 is 0 Å². The molecule has 0 aromatic heterocycles. The van der Waals surface area contributed by atoms with Gasteiger partial charge in [-0.05, 0) is 92.6 Å². The summed E-state index contributed by atoms with van der Waals surface area (Å²) in [7, 11) is 0. The van der Waals surface area contributed by atoms with Gasteiger partial charge in [-0.25, -0.2) is 0 Å². The Kier molecular flexibility index (Phi) is 7.25. The van der Waals surface area contributed by atoms with E-state index in [1.807, 2.05) is 68.1 Å². The molecule has 2 N–H and O–H groups in total. The number of aryl methyl sites for hydroxylation is 3. The van der Waals surface area contributed by atoms with Crippen molar-refractivity contribution in [3.8, 4) is 11.8 Å². The lowest BCUT2D eigenvalue weighted by Gasteiger charge is -2.40. The Morgan fingerprint density at radius 2 is 1.79 bits per heavy atom. The standard InChI is InChI=1S/C33H32ClN3O2/c1-19-11-13-24(14-12-19)39-18-23-16-25(21(3)15-20(23)2)31-26(17-35)33(36)37(28-8-5-7-27(34)22(28)4)29-9-6-10-30(38)32(29)31/h5,7-8,11-16,31H,6,9-10,18,36H2,1-4H3. The van der Waals surface area contributed by atoms with Gasteiger partial charge in [-0.15, -0.1) is 0 Å². The highest BCUT2D eigenvalue weighted by Gasteiger charge is 2.41. The van der Waals surface area contributed by atoms with Crippen molar-refractivity contribution in [2.45, 2.75) is 59.5 Å². The number of hydrogen-bond donors (Lipinski definition) is 1. The number of anilines is 1. The van der Waals surface area contributed by atoms with Crippen molar-refractivity contribution in [2.75, 3.05) is 4.90 Å². The number of ketones is 1. The molecule has 1 atom stereocenters. The van der Waals surface area contributed by atoms with Crippen LogP contribution in [0.5, 0.6) is 5.75 Å². The number of rotatable bonds is 5. The summed E-state index contributed by atoms with van der Waals surface area (Å²) < 4.78 is 6.11. The minimum atomic E-state index is -0.535. The second-order valence-electron chi connectivity index (χ2n) is 10.4. The van der Waals surface area contributed by atoms with Crippen molar-refractivity contribution in [2.24, 2.45) is 5.73 Å². The summed E-state index contributed by atoms with van der Waals surface area (Å²) in [5.41, 5.74) is 15.5. The van der Waals surface area contributed by atoms with Crippen LogP contribution in [0.4, 0.5) is 5.69 Å². The molecule has 0 bridgehead atoms. The Bertz CT molecular complexity index is 1580.